The molecule has 1 aromatic carbocycles. The molecule has 0 radical (unpaired) electrons. The lowest BCUT2D eigenvalue weighted by Crippen LogP contribution is -2.37. The highest BCUT2D eigenvalue weighted by molar-refractivity contribution is 7.09. The lowest BCUT2D eigenvalue weighted by Gasteiger charge is -2.22. The summed E-state index contributed by atoms with van der Waals surface area (Å²) in [7, 11) is 5.50. The number of ether oxygens (including phenoxy) is 1. The van der Waals surface area contributed by atoms with E-state index in [1.54, 1.807) is 17.4 Å². The Kier molecular flexibility index (Phi) is 9.72. The number of carbonyl (C=O) groups is 2. The number of nitrogens with one attached hydrogen (secondary N) is 2. The van der Waals surface area contributed by atoms with Crippen LogP contribution in [0.4, 0.5) is 10.5 Å². The van der Waals surface area contributed by atoms with Crippen LogP contribution in [0.15, 0.2) is 29.6 Å². The van der Waals surface area contributed by atoms with Gasteiger partial charge >= 0.3 is 6.03 Å². The van der Waals surface area contributed by atoms with E-state index in [1.807, 2.05) is 50.2 Å². The van der Waals surface area contributed by atoms with Crippen LogP contribution in [0.2, 0.25) is 0 Å². The average Bonchev–Trinajstić information content (AvgIpc) is 3.19. The van der Waals surface area contributed by atoms with Crippen molar-refractivity contribution in [2.24, 2.45) is 0 Å². The molecule has 0 bridgehead atoms. The third kappa shape index (κ3) is 7.40. The second kappa shape index (κ2) is 12.3. The van der Waals surface area contributed by atoms with Crippen LogP contribution in [0.1, 0.15) is 28.0 Å². The van der Waals surface area contributed by atoms with Crippen LogP contribution in [0.25, 0.3) is 0 Å². The molecule has 0 aliphatic carbocycles. The van der Waals surface area contributed by atoms with Crippen molar-refractivity contribution < 1.29 is 14.3 Å². The molecule has 164 valence electrons. The van der Waals surface area contributed by atoms with Crippen LogP contribution in [0.3, 0.4) is 0 Å². The van der Waals surface area contributed by atoms with Gasteiger partial charge in [0.05, 0.1) is 13.2 Å². The van der Waals surface area contributed by atoms with E-state index in [9.17, 15) is 9.59 Å². The van der Waals surface area contributed by atoms with Crippen molar-refractivity contribution in [1.29, 1.82) is 0 Å². The summed E-state index contributed by atoms with van der Waals surface area (Å²) >= 11 is 1.37. The molecule has 2 N–H and O–H groups in total. The van der Waals surface area contributed by atoms with E-state index in [4.69, 9.17) is 4.74 Å². The average molecular weight is 434 g/mol. The summed E-state index contributed by atoms with van der Waals surface area (Å²) in [6.07, 6.45) is 0.827. The van der Waals surface area contributed by atoms with Gasteiger partial charge in [-0.05, 0) is 32.1 Å². The fourth-order valence-electron chi connectivity index (χ4n) is 2.73. The number of aryl methyl sites for hydroxylation is 1. The van der Waals surface area contributed by atoms with E-state index < -0.39 is 0 Å². The first-order chi connectivity index (χ1) is 14.4. The third-order valence-electron chi connectivity index (χ3n) is 4.45. The van der Waals surface area contributed by atoms with Crippen LogP contribution in [0, 0.1) is 0 Å². The van der Waals surface area contributed by atoms with Gasteiger partial charge in [-0.1, -0.05) is 25.1 Å². The Morgan fingerprint density at radius 2 is 1.97 bits per heavy atom. The number of benzene rings is 1. The lowest BCUT2D eigenvalue weighted by molar-refractivity contribution is 0.0946. The van der Waals surface area contributed by atoms with Crippen molar-refractivity contribution in [3.05, 3.63) is 45.9 Å². The number of rotatable bonds is 11. The largest absolute Gasteiger partial charge is 0.383 e. The zero-order chi connectivity index (χ0) is 21.9. The van der Waals surface area contributed by atoms with Gasteiger partial charge in [0, 0.05) is 37.8 Å². The van der Waals surface area contributed by atoms with Crippen LogP contribution in [-0.4, -0.2) is 74.2 Å². The minimum atomic E-state index is -0.222. The van der Waals surface area contributed by atoms with Gasteiger partial charge in [0.2, 0.25) is 0 Å². The Balaban J connectivity index is 2.03. The molecule has 9 heteroatoms. The Morgan fingerprint density at radius 3 is 2.67 bits per heavy atom. The number of methoxy groups -OCH3 is 1. The standard InChI is InChI=1S/C21H31N5O3S/c1-5-16-8-6-7-9-17(16)24-21(28)26(12-13-29-4)14-19-23-18(15-30-19)20(27)22-10-11-25(2)3/h6-9,15H,5,10-14H2,1-4H3,(H,22,27)(H,24,28). The van der Waals surface area contributed by atoms with Gasteiger partial charge in [-0.3, -0.25) is 4.79 Å². The minimum Gasteiger partial charge on any atom is -0.383 e. The monoisotopic (exact) mass is 433 g/mol. The van der Waals surface area contributed by atoms with Crippen LogP contribution < -0.4 is 10.6 Å². The first-order valence-corrected chi connectivity index (χ1v) is 10.8. The topological polar surface area (TPSA) is 86.8 Å². The number of hydrogen-bond acceptors (Lipinski definition) is 6. The molecule has 1 aromatic heterocycles. The molecular weight excluding hydrogens is 402 g/mol. The van der Waals surface area contributed by atoms with Crippen molar-refractivity contribution in [1.82, 2.24) is 20.1 Å². The highest BCUT2D eigenvalue weighted by Crippen LogP contribution is 2.18. The molecule has 1 heterocycles. The molecule has 0 saturated carbocycles. The SMILES string of the molecule is CCc1ccccc1NC(=O)N(CCOC)Cc1nc(C(=O)NCCN(C)C)cs1. The maximum atomic E-state index is 12.9. The highest BCUT2D eigenvalue weighted by atomic mass is 32.1. The van der Waals surface area contributed by atoms with Crippen molar-refractivity contribution in [3.8, 4) is 0 Å². The van der Waals surface area contributed by atoms with Crippen LogP contribution in [0.5, 0.6) is 0 Å². The van der Waals surface area contributed by atoms with Crippen molar-refractivity contribution >= 4 is 29.0 Å². The second-order valence-corrected chi connectivity index (χ2v) is 7.98. The molecule has 0 spiro atoms. The van der Waals surface area contributed by atoms with Gasteiger partial charge in [0.25, 0.3) is 5.91 Å². The Labute approximate surface area is 182 Å². The first-order valence-electron chi connectivity index (χ1n) is 9.94. The molecule has 2 rings (SSSR count). The zero-order valence-electron chi connectivity index (χ0n) is 18.1. The fourth-order valence-corrected chi connectivity index (χ4v) is 3.52. The number of amides is 3. The van der Waals surface area contributed by atoms with E-state index >= 15 is 0 Å². The van der Waals surface area contributed by atoms with Gasteiger partial charge < -0.3 is 25.2 Å². The summed E-state index contributed by atoms with van der Waals surface area (Å²) in [5.74, 6) is -0.205. The van der Waals surface area contributed by atoms with E-state index in [0.29, 0.717) is 36.9 Å². The summed E-state index contributed by atoms with van der Waals surface area (Å²) in [5.41, 5.74) is 2.24. The van der Waals surface area contributed by atoms with E-state index in [0.717, 1.165) is 24.2 Å². The first kappa shape index (κ1) is 23.8. The number of para-hydroxylation sites is 1. The number of anilines is 1. The summed E-state index contributed by atoms with van der Waals surface area (Å²) in [6.45, 7) is 4.49. The summed E-state index contributed by atoms with van der Waals surface area (Å²) in [4.78, 5) is 33.2. The molecule has 8 nitrogen and oxygen atoms in total. The summed E-state index contributed by atoms with van der Waals surface area (Å²) in [6, 6.07) is 7.52. The molecule has 0 aliphatic rings. The predicted molar refractivity (Wildman–Crippen MR) is 120 cm³/mol. The van der Waals surface area contributed by atoms with Crippen LogP contribution >= 0.6 is 11.3 Å². The molecule has 0 aliphatic heterocycles. The Hall–Kier alpha value is -2.49. The zero-order valence-corrected chi connectivity index (χ0v) is 18.9. The molecule has 0 fully saturated rings. The van der Waals surface area contributed by atoms with Crippen molar-refractivity contribution in [3.63, 3.8) is 0 Å². The maximum Gasteiger partial charge on any atom is 0.322 e. The molecule has 0 unspecified atom stereocenters. The molecule has 0 saturated heterocycles. The van der Waals surface area contributed by atoms with Gasteiger partial charge in [-0.2, -0.15) is 0 Å². The number of carbonyl (C=O) groups excluding carboxylic acids is 2. The van der Waals surface area contributed by atoms with Crippen LogP contribution in [-0.2, 0) is 17.7 Å². The summed E-state index contributed by atoms with van der Waals surface area (Å²) < 4.78 is 5.16. The molecule has 30 heavy (non-hydrogen) atoms. The highest BCUT2D eigenvalue weighted by Gasteiger charge is 2.18. The smallest absolute Gasteiger partial charge is 0.322 e. The number of thiazole rings is 1. The molecule has 0 atom stereocenters. The Bertz CT molecular complexity index is 824. The lowest BCUT2D eigenvalue weighted by atomic mass is 10.1. The molecule has 2 aromatic rings. The van der Waals surface area contributed by atoms with Gasteiger partial charge in [-0.25, -0.2) is 9.78 Å². The number of hydrogen-bond donors (Lipinski definition) is 2. The molecule has 3 amide bonds. The normalized spacial score (nSPS) is 10.8. The minimum absolute atomic E-state index is 0.205. The van der Waals surface area contributed by atoms with Gasteiger partial charge in [0.15, 0.2) is 0 Å². The Morgan fingerprint density at radius 1 is 1.20 bits per heavy atom. The number of urea groups is 1. The fraction of sp³-hybridized carbons (Fsp3) is 0.476. The van der Waals surface area contributed by atoms with Crippen molar-refractivity contribution in [2.75, 3.05) is 52.8 Å². The second-order valence-electron chi connectivity index (χ2n) is 7.04. The third-order valence-corrected chi connectivity index (χ3v) is 5.28. The van der Waals surface area contributed by atoms with Crippen molar-refractivity contribution in [2.45, 2.75) is 19.9 Å². The molecular formula is C21H31N5O3S. The number of aromatic nitrogens is 1. The van der Waals surface area contributed by atoms with Gasteiger partial charge in [-0.15, -0.1) is 11.3 Å². The number of likely N-dealkylation sites (N-methyl/N-ethyl adjacent to an activating group) is 1. The maximum absolute atomic E-state index is 12.9. The van der Waals surface area contributed by atoms with Gasteiger partial charge in [0.1, 0.15) is 10.7 Å². The summed E-state index contributed by atoms with van der Waals surface area (Å²) in [5, 5.41) is 8.25. The van der Waals surface area contributed by atoms with E-state index in [2.05, 4.69) is 15.6 Å². The predicted octanol–water partition coefficient (Wildman–Crippen LogP) is 2.68. The quantitative estimate of drug-likeness (QED) is 0.569. The number of nitrogens with zero attached hydrogens (tertiary/aromatic N) is 3. The van der Waals surface area contributed by atoms with E-state index in [1.165, 1.54) is 11.3 Å². The van der Waals surface area contributed by atoms with E-state index in [-0.39, 0.29) is 11.9 Å².